The van der Waals surface area contributed by atoms with E-state index in [1.807, 2.05) is 41.0 Å². The maximum absolute atomic E-state index is 5.68. The molecule has 0 aliphatic rings. The summed E-state index contributed by atoms with van der Waals surface area (Å²) in [7, 11) is 0. The first-order chi connectivity index (χ1) is 9.40. The van der Waals surface area contributed by atoms with Crippen LogP contribution in [-0.4, -0.2) is 4.57 Å². The van der Waals surface area contributed by atoms with Gasteiger partial charge >= 0.3 is 0 Å². The number of rotatable bonds is 2. The fraction of sp³-hybridized carbons (Fsp3) is 0. The molecule has 19 heavy (non-hydrogen) atoms. The molecule has 0 N–H and O–H groups in total. The smallest absolute Gasteiger partial charge is 0.0618 e. The van der Waals surface area contributed by atoms with Crippen molar-refractivity contribution in [3.05, 3.63) is 72.8 Å². The summed E-state index contributed by atoms with van der Waals surface area (Å²) in [4.78, 5) is 0. The van der Waals surface area contributed by atoms with Crippen molar-refractivity contribution in [1.29, 1.82) is 0 Å². The van der Waals surface area contributed by atoms with Gasteiger partial charge in [0.2, 0.25) is 0 Å². The van der Waals surface area contributed by atoms with Gasteiger partial charge < -0.3 is 0 Å². The van der Waals surface area contributed by atoms with Gasteiger partial charge in [0.1, 0.15) is 0 Å². The van der Waals surface area contributed by atoms with Crippen molar-refractivity contribution in [2.24, 2.45) is 0 Å². The lowest BCUT2D eigenvalue weighted by Gasteiger charge is -2.06. The van der Waals surface area contributed by atoms with Gasteiger partial charge in [-0.15, -0.1) is 0 Å². The molecule has 2 aromatic carbocycles. The number of hydrogen-bond acceptors (Lipinski definition) is 0. The Morgan fingerprint density at radius 3 is 1.42 bits per heavy atom. The van der Waals surface area contributed by atoms with Crippen LogP contribution < -0.4 is 0 Å². The molecule has 3 aromatic rings. The molecule has 0 saturated heterocycles. The van der Waals surface area contributed by atoms with Gasteiger partial charge in [0.15, 0.2) is 0 Å². The topological polar surface area (TPSA) is 4.93 Å². The minimum Gasteiger partial charge on any atom is -0.269 e. The Hall–Kier alpha value is -2.72. The van der Waals surface area contributed by atoms with Crippen LogP contribution in [0, 0.1) is 12.5 Å². The predicted octanol–water partition coefficient (Wildman–Crippen LogP) is 4.26. The zero-order valence-corrected chi connectivity index (χ0v) is 10.5. The fourth-order valence-corrected chi connectivity index (χ4v) is 2.24. The molecule has 0 fully saturated rings. The lowest BCUT2D eigenvalue weighted by molar-refractivity contribution is 1.16. The second-order valence-electron chi connectivity index (χ2n) is 4.30. The van der Waals surface area contributed by atoms with E-state index in [4.69, 9.17) is 6.42 Å². The van der Waals surface area contributed by atoms with Gasteiger partial charge in [0.25, 0.3) is 0 Å². The Labute approximate surface area is 113 Å². The Morgan fingerprint density at radius 2 is 1.05 bits per heavy atom. The Balaban J connectivity index is 2.16. The number of aromatic nitrogens is 1. The largest absolute Gasteiger partial charge is 0.269 e. The summed E-state index contributed by atoms with van der Waals surface area (Å²) in [5, 5.41) is 0. The highest BCUT2D eigenvalue weighted by molar-refractivity contribution is 5.71. The number of hydrogen-bond donors (Lipinski definition) is 0. The van der Waals surface area contributed by atoms with Crippen molar-refractivity contribution in [3.8, 4) is 35.0 Å². The molecule has 0 radical (unpaired) electrons. The zero-order chi connectivity index (χ0) is 13.1. The first-order valence-electron chi connectivity index (χ1n) is 6.19. The van der Waals surface area contributed by atoms with Gasteiger partial charge in [-0.2, -0.15) is 0 Å². The molecule has 0 bridgehead atoms. The molecule has 0 spiro atoms. The Morgan fingerprint density at radius 1 is 0.632 bits per heavy atom. The number of terminal acetylenes is 1. The SMILES string of the molecule is C#Cn1c(-c2ccccc2)ccc1-c1ccccc1. The van der Waals surface area contributed by atoms with E-state index >= 15 is 0 Å². The molecule has 90 valence electrons. The quantitative estimate of drug-likeness (QED) is 0.593. The van der Waals surface area contributed by atoms with Gasteiger partial charge in [0.05, 0.1) is 11.4 Å². The molecule has 0 unspecified atom stereocenters. The van der Waals surface area contributed by atoms with Crippen LogP contribution in [0.4, 0.5) is 0 Å². The van der Waals surface area contributed by atoms with Crippen molar-refractivity contribution < 1.29 is 0 Å². The van der Waals surface area contributed by atoms with E-state index < -0.39 is 0 Å². The van der Waals surface area contributed by atoms with Crippen molar-refractivity contribution in [3.63, 3.8) is 0 Å². The lowest BCUT2D eigenvalue weighted by Crippen LogP contribution is -1.94. The normalized spacial score (nSPS) is 10.1. The third-order valence-corrected chi connectivity index (χ3v) is 3.15. The van der Waals surface area contributed by atoms with Crippen LogP contribution in [0.5, 0.6) is 0 Å². The summed E-state index contributed by atoms with van der Waals surface area (Å²) in [6.45, 7) is 0. The summed E-state index contributed by atoms with van der Waals surface area (Å²) >= 11 is 0. The molecule has 3 rings (SSSR count). The van der Waals surface area contributed by atoms with Crippen LogP contribution in [0.15, 0.2) is 72.8 Å². The minimum atomic E-state index is 1.04. The van der Waals surface area contributed by atoms with Crippen molar-refractivity contribution in [2.75, 3.05) is 0 Å². The zero-order valence-electron chi connectivity index (χ0n) is 10.5. The van der Waals surface area contributed by atoms with Crippen LogP contribution in [0.3, 0.4) is 0 Å². The van der Waals surface area contributed by atoms with Crippen LogP contribution in [-0.2, 0) is 0 Å². The molecule has 1 aromatic heterocycles. The summed E-state index contributed by atoms with van der Waals surface area (Å²) in [5.74, 6) is 0. The van der Waals surface area contributed by atoms with E-state index in [1.54, 1.807) is 0 Å². The summed E-state index contributed by atoms with van der Waals surface area (Å²) in [5.41, 5.74) is 4.34. The lowest BCUT2D eigenvalue weighted by atomic mass is 10.1. The van der Waals surface area contributed by atoms with Crippen LogP contribution in [0.2, 0.25) is 0 Å². The van der Waals surface area contributed by atoms with Crippen molar-refractivity contribution in [1.82, 2.24) is 4.57 Å². The first kappa shape index (κ1) is 11.4. The Bertz CT molecular complexity index is 658. The second kappa shape index (κ2) is 4.88. The highest BCUT2D eigenvalue weighted by atomic mass is 15.0. The summed E-state index contributed by atoms with van der Waals surface area (Å²) < 4.78 is 1.89. The van der Waals surface area contributed by atoms with Gasteiger partial charge in [-0.1, -0.05) is 67.1 Å². The van der Waals surface area contributed by atoms with E-state index in [2.05, 4.69) is 42.4 Å². The van der Waals surface area contributed by atoms with Crippen LogP contribution in [0.25, 0.3) is 22.5 Å². The summed E-state index contributed by atoms with van der Waals surface area (Å²) in [6, 6.07) is 27.2. The van der Waals surface area contributed by atoms with Gasteiger partial charge in [0, 0.05) is 6.04 Å². The van der Waals surface area contributed by atoms with Gasteiger partial charge in [-0.3, -0.25) is 4.57 Å². The highest BCUT2D eigenvalue weighted by Crippen LogP contribution is 2.27. The predicted molar refractivity (Wildman–Crippen MR) is 79.5 cm³/mol. The monoisotopic (exact) mass is 243 g/mol. The molecule has 0 saturated carbocycles. The van der Waals surface area contributed by atoms with E-state index in [-0.39, 0.29) is 0 Å². The third-order valence-electron chi connectivity index (χ3n) is 3.15. The van der Waals surface area contributed by atoms with Gasteiger partial charge in [-0.25, -0.2) is 0 Å². The van der Waals surface area contributed by atoms with Crippen molar-refractivity contribution >= 4 is 0 Å². The van der Waals surface area contributed by atoms with Gasteiger partial charge in [-0.05, 0) is 23.3 Å². The van der Waals surface area contributed by atoms with Crippen molar-refractivity contribution in [2.45, 2.75) is 0 Å². The summed E-state index contributed by atoms with van der Waals surface area (Å²) in [6.07, 6.45) is 5.68. The molecular weight excluding hydrogens is 230 g/mol. The second-order valence-corrected chi connectivity index (χ2v) is 4.30. The van der Waals surface area contributed by atoms with E-state index in [1.165, 1.54) is 0 Å². The third kappa shape index (κ3) is 2.05. The highest BCUT2D eigenvalue weighted by Gasteiger charge is 2.09. The average molecular weight is 243 g/mol. The molecular formula is C18H13N. The molecule has 1 nitrogen and oxygen atoms in total. The maximum Gasteiger partial charge on any atom is 0.0618 e. The van der Waals surface area contributed by atoms with E-state index in [9.17, 15) is 0 Å². The first-order valence-corrected chi connectivity index (χ1v) is 6.19. The molecule has 1 heterocycles. The van der Waals surface area contributed by atoms with E-state index in [0.717, 1.165) is 22.5 Å². The standard InChI is InChI=1S/C18H13N/c1-2-19-17(15-9-5-3-6-10-15)13-14-18(19)16-11-7-4-8-12-16/h1,3-14H. The molecule has 0 amide bonds. The fourth-order valence-electron chi connectivity index (χ4n) is 2.24. The van der Waals surface area contributed by atoms with Crippen LogP contribution in [0.1, 0.15) is 0 Å². The van der Waals surface area contributed by atoms with E-state index in [0.29, 0.717) is 0 Å². The molecule has 1 heteroatoms. The average Bonchev–Trinajstić information content (AvgIpc) is 2.93. The minimum absolute atomic E-state index is 1.04. The Kier molecular flexibility index (Phi) is 2.92. The molecule has 0 aliphatic heterocycles. The molecule has 0 aliphatic carbocycles. The van der Waals surface area contributed by atoms with Crippen LogP contribution >= 0.6 is 0 Å². The number of nitrogens with zero attached hydrogens (tertiary/aromatic N) is 1. The number of benzene rings is 2. The maximum atomic E-state index is 5.68. The molecule has 0 atom stereocenters.